The van der Waals surface area contributed by atoms with Crippen LogP contribution in [0.2, 0.25) is 0 Å². The number of unbranched alkanes of at least 4 members (excludes halogenated alkanes) is 28. The molecule has 6 atom stereocenters. The highest BCUT2D eigenvalue weighted by Gasteiger charge is 2.30. The molecular formula is C63H122O17P2. The molecule has 3 unspecified atom stereocenters. The number of aliphatic hydroxyl groups excluding tert-OH is 1. The second kappa shape index (κ2) is 54.5. The lowest BCUT2D eigenvalue weighted by molar-refractivity contribution is -0.161. The fourth-order valence-electron chi connectivity index (χ4n) is 9.27. The summed E-state index contributed by atoms with van der Waals surface area (Å²) >= 11 is 0. The van der Waals surface area contributed by atoms with Gasteiger partial charge in [0, 0.05) is 25.7 Å². The average molecular weight is 1210 g/mol. The van der Waals surface area contributed by atoms with Crippen LogP contribution in [0.15, 0.2) is 0 Å². The van der Waals surface area contributed by atoms with Crippen molar-refractivity contribution in [2.75, 3.05) is 39.6 Å². The molecule has 0 aromatic carbocycles. The quantitative estimate of drug-likeness (QED) is 0.0222. The maximum absolute atomic E-state index is 13.0. The molecule has 0 amide bonds. The zero-order chi connectivity index (χ0) is 61.0. The van der Waals surface area contributed by atoms with Gasteiger partial charge in [-0.2, -0.15) is 0 Å². The summed E-state index contributed by atoms with van der Waals surface area (Å²) in [6.45, 7) is 11.6. The molecule has 0 aliphatic carbocycles. The fraction of sp³-hybridized carbons (Fsp3) is 0.937. The number of aliphatic hydroxyl groups is 1. The molecule has 0 aliphatic heterocycles. The molecule has 0 radical (unpaired) electrons. The molecule has 3 N–H and O–H groups in total. The number of phosphoric acid groups is 2. The van der Waals surface area contributed by atoms with Crippen molar-refractivity contribution < 1.29 is 80.2 Å². The third-order valence-electron chi connectivity index (χ3n) is 14.7. The molecule has 0 spiro atoms. The first-order chi connectivity index (χ1) is 39.3. The Morgan fingerprint density at radius 2 is 0.622 bits per heavy atom. The zero-order valence-electron chi connectivity index (χ0n) is 52.9. The van der Waals surface area contributed by atoms with Crippen LogP contribution in [0.3, 0.4) is 0 Å². The van der Waals surface area contributed by atoms with Gasteiger partial charge in [0.1, 0.15) is 19.3 Å². The predicted octanol–water partition coefficient (Wildman–Crippen LogP) is 17.1. The van der Waals surface area contributed by atoms with Crippen LogP contribution in [0.25, 0.3) is 0 Å². The second-order valence-electron chi connectivity index (χ2n) is 24.0. The van der Waals surface area contributed by atoms with E-state index in [1.165, 1.54) is 103 Å². The number of esters is 4. The van der Waals surface area contributed by atoms with Crippen LogP contribution in [0.1, 0.15) is 305 Å². The van der Waals surface area contributed by atoms with Gasteiger partial charge in [0.2, 0.25) is 0 Å². The van der Waals surface area contributed by atoms with E-state index < -0.39 is 97.5 Å². The molecule has 82 heavy (non-hydrogen) atoms. The highest BCUT2D eigenvalue weighted by atomic mass is 31.2. The van der Waals surface area contributed by atoms with Crippen molar-refractivity contribution in [2.24, 2.45) is 17.8 Å². The highest BCUT2D eigenvalue weighted by Crippen LogP contribution is 2.45. The van der Waals surface area contributed by atoms with Crippen molar-refractivity contribution in [1.29, 1.82) is 0 Å². The van der Waals surface area contributed by atoms with Crippen LogP contribution in [-0.2, 0) is 65.4 Å². The van der Waals surface area contributed by atoms with E-state index >= 15 is 0 Å². The number of rotatable bonds is 61. The van der Waals surface area contributed by atoms with Gasteiger partial charge in [-0.1, -0.05) is 254 Å². The fourth-order valence-corrected chi connectivity index (χ4v) is 10.9. The summed E-state index contributed by atoms with van der Waals surface area (Å²) in [5.41, 5.74) is 0. The summed E-state index contributed by atoms with van der Waals surface area (Å²) in [5, 5.41) is 10.5. The van der Waals surface area contributed by atoms with Crippen molar-refractivity contribution in [3.8, 4) is 0 Å². The van der Waals surface area contributed by atoms with Gasteiger partial charge in [0.05, 0.1) is 26.4 Å². The molecule has 0 bridgehead atoms. The summed E-state index contributed by atoms with van der Waals surface area (Å²) < 4.78 is 67.9. The van der Waals surface area contributed by atoms with Gasteiger partial charge >= 0.3 is 39.5 Å². The summed E-state index contributed by atoms with van der Waals surface area (Å²) in [6.07, 6.45) is 35.1. The third kappa shape index (κ3) is 55.9. The van der Waals surface area contributed by atoms with Crippen molar-refractivity contribution in [3.05, 3.63) is 0 Å². The van der Waals surface area contributed by atoms with Crippen molar-refractivity contribution in [3.63, 3.8) is 0 Å². The van der Waals surface area contributed by atoms with Crippen molar-refractivity contribution >= 4 is 39.5 Å². The van der Waals surface area contributed by atoms with Gasteiger partial charge < -0.3 is 33.8 Å². The van der Waals surface area contributed by atoms with Crippen molar-refractivity contribution in [1.82, 2.24) is 0 Å². The van der Waals surface area contributed by atoms with E-state index in [0.29, 0.717) is 37.5 Å². The molecular weight excluding hydrogens is 1090 g/mol. The van der Waals surface area contributed by atoms with E-state index in [1.807, 2.05) is 0 Å². The molecule has 0 aliphatic rings. The van der Waals surface area contributed by atoms with Gasteiger partial charge in [0.15, 0.2) is 12.2 Å². The Morgan fingerprint density at radius 1 is 0.354 bits per heavy atom. The molecule has 0 aromatic heterocycles. The monoisotopic (exact) mass is 1210 g/mol. The molecule has 19 heteroatoms. The SMILES string of the molecule is CCCCCCCCCCCCCCCC(=O)O[C@H](COC(=O)CCCCCCCCCC(C)C)COP(=O)(O)OC[C@@H](O)COP(=O)(O)OC[C@@H](COC(=O)CCCCCCCCC(C)C)OC(=O)CCCCCCCCC(C)CC. The molecule has 0 aromatic rings. The Kier molecular flexibility index (Phi) is 53.2. The van der Waals surface area contributed by atoms with E-state index in [4.69, 9.17) is 37.0 Å². The van der Waals surface area contributed by atoms with Crippen molar-refractivity contribution in [2.45, 2.75) is 324 Å². The molecule has 17 nitrogen and oxygen atoms in total. The summed E-state index contributed by atoms with van der Waals surface area (Å²) in [5.74, 6) is -0.0364. The van der Waals surface area contributed by atoms with E-state index in [9.17, 15) is 43.2 Å². The molecule has 0 saturated heterocycles. The number of carbonyl (C=O) groups is 4. The number of ether oxygens (including phenoxy) is 4. The van der Waals surface area contributed by atoms with Crippen LogP contribution >= 0.6 is 15.6 Å². The van der Waals surface area contributed by atoms with E-state index in [1.54, 1.807) is 0 Å². The first-order valence-corrected chi connectivity index (χ1v) is 35.9. The second-order valence-corrected chi connectivity index (χ2v) is 26.9. The lowest BCUT2D eigenvalue weighted by Gasteiger charge is -2.21. The van der Waals surface area contributed by atoms with Crippen LogP contribution < -0.4 is 0 Å². The highest BCUT2D eigenvalue weighted by molar-refractivity contribution is 7.47. The van der Waals surface area contributed by atoms with Gasteiger partial charge in [-0.25, -0.2) is 9.13 Å². The van der Waals surface area contributed by atoms with Crippen LogP contribution in [-0.4, -0.2) is 96.7 Å². The Labute approximate surface area is 498 Å². The Morgan fingerprint density at radius 3 is 0.927 bits per heavy atom. The third-order valence-corrected chi connectivity index (χ3v) is 16.6. The van der Waals surface area contributed by atoms with E-state index in [-0.39, 0.29) is 25.7 Å². The largest absolute Gasteiger partial charge is 0.472 e. The maximum Gasteiger partial charge on any atom is 0.472 e. The minimum atomic E-state index is -4.94. The first-order valence-electron chi connectivity index (χ1n) is 32.9. The summed E-state index contributed by atoms with van der Waals surface area (Å²) in [6, 6.07) is 0. The average Bonchev–Trinajstić information content (AvgIpc) is 3.44. The zero-order valence-corrected chi connectivity index (χ0v) is 54.7. The lowest BCUT2D eigenvalue weighted by Crippen LogP contribution is -2.30. The normalized spacial score (nSPS) is 14.7. The number of carbonyl (C=O) groups excluding carboxylic acids is 4. The molecule has 0 saturated carbocycles. The number of hydrogen-bond donors (Lipinski definition) is 3. The Balaban J connectivity index is 5.25. The van der Waals surface area contributed by atoms with Crippen LogP contribution in [0.4, 0.5) is 0 Å². The van der Waals surface area contributed by atoms with Crippen LogP contribution in [0, 0.1) is 17.8 Å². The smallest absolute Gasteiger partial charge is 0.462 e. The Hall–Kier alpha value is -1.94. The molecule has 0 fully saturated rings. The van der Waals surface area contributed by atoms with Gasteiger partial charge in [-0.05, 0) is 43.4 Å². The number of hydrogen-bond acceptors (Lipinski definition) is 15. The minimum Gasteiger partial charge on any atom is -0.462 e. The predicted molar refractivity (Wildman–Crippen MR) is 326 cm³/mol. The maximum atomic E-state index is 13.0. The molecule has 486 valence electrons. The molecule has 0 rings (SSSR count). The summed E-state index contributed by atoms with van der Waals surface area (Å²) in [4.78, 5) is 72.1. The van der Waals surface area contributed by atoms with Gasteiger partial charge in [0.25, 0.3) is 0 Å². The standard InChI is InChI=1S/C63H122O17P2/c1-8-10-11-12-13-14-15-16-17-18-21-32-39-46-62(67)79-58(50-73-60(65)44-37-30-22-19-20-27-34-41-54(3)4)52-77-81(69,70)75-48-57(64)49-76-82(71,72)78-53-59(51-74-61(66)45-38-31-25-23-28-35-42-55(5)6)80-63(68)47-40-33-26-24-29-36-43-56(7)9-2/h54-59,64H,8-53H2,1-7H3,(H,69,70)(H,71,72)/t56?,57-,58-,59-/m1/s1. The topological polar surface area (TPSA) is 237 Å². The minimum absolute atomic E-state index is 0.101. The van der Waals surface area contributed by atoms with Gasteiger partial charge in [-0.15, -0.1) is 0 Å². The lowest BCUT2D eigenvalue weighted by atomic mass is 10.00. The van der Waals surface area contributed by atoms with E-state index in [2.05, 4.69) is 48.5 Å². The van der Waals surface area contributed by atoms with Gasteiger partial charge in [-0.3, -0.25) is 37.3 Å². The first kappa shape index (κ1) is 80.1. The molecule has 0 heterocycles. The van der Waals surface area contributed by atoms with Crippen LogP contribution in [0.5, 0.6) is 0 Å². The summed E-state index contributed by atoms with van der Waals surface area (Å²) in [7, 11) is -9.89. The Bertz CT molecular complexity index is 1630. The number of phosphoric ester groups is 2. The van der Waals surface area contributed by atoms with E-state index in [0.717, 1.165) is 109 Å².